The molecule has 2 aromatic rings. The summed E-state index contributed by atoms with van der Waals surface area (Å²) in [5, 5.41) is 2.70. The molecule has 2 rings (SSSR count). The molecule has 1 N–H and O–H groups in total. The van der Waals surface area contributed by atoms with Crippen LogP contribution < -0.4 is 10.1 Å². The van der Waals surface area contributed by atoms with E-state index >= 15 is 0 Å². The van der Waals surface area contributed by atoms with Crippen molar-refractivity contribution in [3.63, 3.8) is 0 Å². The molecule has 0 radical (unpaired) electrons. The van der Waals surface area contributed by atoms with E-state index in [0.717, 1.165) is 6.42 Å². The van der Waals surface area contributed by atoms with Crippen molar-refractivity contribution < 1.29 is 9.53 Å². The highest BCUT2D eigenvalue weighted by atomic mass is 16.5. The van der Waals surface area contributed by atoms with Gasteiger partial charge in [-0.15, -0.1) is 0 Å². The normalized spacial score (nSPS) is 10.1. The standard InChI is InChI=1S/C17H19NO2/c1-2-18-17(19)13-20-16-10-8-15(9-11-16)12-14-6-4-3-5-7-14/h3-11H,2,12-13H2,1H3,(H,18,19). The lowest BCUT2D eigenvalue weighted by Crippen LogP contribution is -2.28. The van der Waals surface area contributed by atoms with E-state index in [-0.39, 0.29) is 12.5 Å². The zero-order valence-corrected chi connectivity index (χ0v) is 11.6. The Bertz CT molecular complexity index is 535. The van der Waals surface area contributed by atoms with E-state index in [1.54, 1.807) is 0 Å². The lowest BCUT2D eigenvalue weighted by Gasteiger charge is -2.07. The van der Waals surface area contributed by atoms with Gasteiger partial charge in [0.1, 0.15) is 5.75 Å². The van der Waals surface area contributed by atoms with Gasteiger partial charge in [0.15, 0.2) is 6.61 Å². The number of hydrogen-bond acceptors (Lipinski definition) is 2. The molecule has 2 aromatic carbocycles. The third-order valence-electron chi connectivity index (χ3n) is 2.92. The maximum atomic E-state index is 11.3. The number of amides is 1. The van der Waals surface area contributed by atoms with E-state index in [4.69, 9.17) is 4.74 Å². The van der Waals surface area contributed by atoms with Crippen LogP contribution in [0.1, 0.15) is 18.1 Å². The van der Waals surface area contributed by atoms with Crippen LogP contribution in [0.25, 0.3) is 0 Å². The van der Waals surface area contributed by atoms with Gasteiger partial charge in [0.05, 0.1) is 0 Å². The Morgan fingerprint density at radius 3 is 2.30 bits per heavy atom. The van der Waals surface area contributed by atoms with Gasteiger partial charge in [-0.1, -0.05) is 42.5 Å². The van der Waals surface area contributed by atoms with Crippen LogP contribution in [-0.4, -0.2) is 19.1 Å². The van der Waals surface area contributed by atoms with Crippen LogP contribution in [0, 0.1) is 0 Å². The van der Waals surface area contributed by atoms with Crippen molar-refractivity contribution in [3.8, 4) is 5.75 Å². The fourth-order valence-electron chi connectivity index (χ4n) is 1.93. The van der Waals surface area contributed by atoms with Crippen LogP contribution in [0.5, 0.6) is 5.75 Å². The number of rotatable bonds is 6. The van der Waals surface area contributed by atoms with Gasteiger partial charge in [0.2, 0.25) is 0 Å². The number of benzene rings is 2. The Hall–Kier alpha value is -2.29. The van der Waals surface area contributed by atoms with Gasteiger partial charge in [-0.25, -0.2) is 0 Å². The monoisotopic (exact) mass is 269 g/mol. The van der Waals surface area contributed by atoms with Crippen molar-refractivity contribution in [1.29, 1.82) is 0 Å². The minimum Gasteiger partial charge on any atom is -0.484 e. The molecule has 0 fully saturated rings. The molecule has 1 amide bonds. The SMILES string of the molecule is CCNC(=O)COc1ccc(Cc2ccccc2)cc1. The fourth-order valence-corrected chi connectivity index (χ4v) is 1.93. The zero-order valence-electron chi connectivity index (χ0n) is 11.6. The molecule has 20 heavy (non-hydrogen) atoms. The molecule has 0 aliphatic heterocycles. The van der Waals surface area contributed by atoms with E-state index in [0.29, 0.717) is 12.3 Å². The number of nitrogens with one attached hydrogen (secondary N) is 1. The van der Waals surface area contributed by atoms with Crippen LogP contribution in [-0.2, 0) is 11.2 Å². The summed E-state index contributed by atoms with van der Waals surface area (Å²) in [7, 11) is 0. The molecule has 0 aliphatic rings. The largest absolute Gasteiger partial charge is 0.484 e. The highest BCUT2D eigenvalue weighted by Crippen LogP contribution is 2.15. The maximum absolute atomic E-state index is 11.3. The molecule has 0 spiro atoms. The predicted octanol–water partition coefficient (Wildman–Crippen LogP) is 2.79. The van der Waals surface area contributed by atoms with Crippen LogP contribution in [0.15, 0.2) is 54.6 Å². The lowest BCUT2D eigenvalue weighted by molar-refractivity contribution is -0.122. The van der Waals surface area contributed by atoms with Gasteiger partial charge in [-0.2, -0.15) is 0 Å². The second kappa shape index (κ2) is 7.34. The number of ether oxygens (including phenoxy) is 1. The quantitative estimate of drug-likeness (QED) is 0.875. The van der Waals surface area contributed by atoms with Crippen LogP contribution in [0.2, 0.25) is 0 Å². The van der Waals surface area contributed by atoms with Crippen LogP contribution >= 0.6 is 0 Å². The molecule has 104 valence electrons. The minimum absolute atomic E-state index is 0.0614. The van der Waals surface area contributed by atoms with Gasteiger partial charge >= 0.3 is 0 Å². The first kappa shape index (κ1) is 14.1. The molecule has 3 heteroatoms. The van der Waals surface area contributed by atoms with Crippen LogP contribution in [0.4, 0.5) is 0 Å². The van der Waals surface area contributed by atoms with E-state index in [9.17, 15) is 4.79 Å². The van der Waals surface area contributed by atoms with Gasteiger partial charge in [0.25, 0.3) is 5.91 Å². The summed E-state index contributed by atoms with van der Waals surface area (Å²) < 4.78 is 5.41. The Balaban J connectivity index is 1.88. The highest BCUT2D eigenvalue weighted by Gasteiger charge is 2.01. The first-order valence-corrected chi connectivity index (χ1v) is 6.80. The van der Waals surface area contributed by atoms with Crippen LogP contribution in [0.3, 0.4) is 0 Å². The first-order valence-electron chi connectivity index (χ1n) is 6.80. The van der Waals surface area contributed by atoms with Crippen molar-refractivity contribution in [2.45, 2.75) is 13.3 Å². The summed E-state index contributed by atoms with van der Waals surface area (Å²) in [4.78, 5) is 11.3. The lowest BCUT2D eigenvalue weighted by atomic mass is 10.1. The van der Waals surface area contributed by atoms with E-state index in [1.165, 1.54) is 11.1 Å². The number of likely N-dealkylation sites (N-methyl/N-ethyl adjacent to an activating group) is 1. The molecule has 0 saturated heterocycles. The van der Waals surface area contributed by atoms with Crippen molar-refractivity contribution in [3.05, 3.63) is 65.7 Å². The summed E-state index contributed by atoms with van der Waals surface area (Å²) in [5.41, 5.74) is 2.50. The molecule has 0 saturated carbocycles. The molecule has 0 aromatic heterocycles. The summed E-state index contributed by atoms with van der Waals surface area (Å²) in [6.45, 7) is 2.57. The third-order valence-corrected chi connectivity index (χ3v) is 2.92. The zero-order chi connectivity index (χ0) is 14.2. The molecule has 3 nitrogen and oxygen atoms in total. The molecule has 0 aliphatic carbocycles. The van der Waals surface area contributed by atoms with Crippen molar-refractivity contribution in [2.75, 3.05) is 13.2 Å². The third kappa shape index (κ3) is 4.43. The van der Waals surface area contributed by atoms with Crippen molar-refractivity contribution in [2.24, 2.45) is 0 Å². The average molecular weight is 269 g/mol. The molecule has 0 heterocycles. The number of hydrogen-bond donors (Lipinski definition) is 1. The smallest absolute Gasteiger partial charge is 0.257 e. The highest BCUT2D eigenvalue weighted by molar-refractivity contribution is 5.77. The summed E-state index contributed by atoms with van der Waals surface area (Å²) in [5.74, 6) is 0.619. The number of carbonyl (C=O) groups is 1. The average Bonchev–Trinajstić information content (AvgIpc) is 2.48. The van der Waals surface area contributed by atoms with E-state index in [2.05, 4.69) is 17.4 Å². The second-order valence-corrected chi connectivity index (χ2v) is 4.55. The fraction of sp³-hybridized carbons (Fsp3) is 0.235. The predicted molar refractivity (Wildman–Crippen MR) is 79.9 cm³/mol. The van der Waals surface area contributed by atoms with Crippen molar-refractivity contribution in [1.82, 2.24) is 5.32 Å². The molecular formula is C17H19NO2. The molecule has 0 unspecified atom stereocenters. The van der Waals surface area contributed by atoms with Crippen molar-refractivity contribution >= 4 is 5.91 Å². The van der Waals surface area contributed by atoms with Gasteiger partial charge < -0.3 is 10.1 Å². The molecule has 0 atom stereocenters. The Labute approximate surface area is 119 Å². The summed E-state index contributed by atoms with van der Waals surface area (Å²) in [6.07, 6.45) is 0.900. The van der Waals surface area contributed by atoms with Gasteiger partial charge in [0, 0.05) is 6.54 Å². The first-order chi connectivity index (χ1) is 9.78. The Morgan fingerprint density at radius 2 is 1.65 bits per heavy atom. The minimum atomic E-state index is -0.0964. The number of carbonyl (C=O) groups excluding carboxylic acids is 1. The Kier molecular flexibility index (Phi) is 5.18. The Morgan fingerprint density at radius 1 is 1.00 bits per heavy atom. The topological polar surface area (TPSA) is 38.3 Å². The van der Waals surface area contributed by atoms with Gasteiger partial charge in [-0.3, -0.25) is 4.79 Å². The van der Waals surface area contributed by atoms with Gasteiger partial charge in [-0.05, 0) is 36.6 Å². The second-order valence-electron chi connectivity index (χ2n) is 4.55. The molecular weight excluding hydrogens is 250 g/mol. The molecule has 0 bridgehead atoms. The maximum Gasteiger partial charge on any atom is 0.257 e. The van der Waals surface area contributed by atoms with E-state index in [1.807, 2.05) is 49.4 Å². The summed E-state index contributed by atoms with van der Waals surface area (Å²) >= 11 is 0. The van der Waals surface area contributed by atoms with E-state index < -0.39 is 0 Å². The summed E-state index contributed by atoms with van der Waals surface area (Å²) in [6, 6.07) is 18.2.